The number of fused-ring (bicyclic) bond motifs is 1. The highest BCUT2D eigenvalue weighted by Crippen LogP contribution is 2.20. The van der Waals surface area contributed by atoms with Crippen LogP contribution in [0.4, 0.5) is 0 Å². The minimum absolute atomic E-state index is 0.350. The molecule has 0 aliphatic carbocycles. The van der Waals surface area contributed by atoms with E-state index >= 15 is 0 Å². The summed E-state index contributed by atoms with van der Waals surface area (Å²) in [5, 5.41) is 0. The summed E-state index contributed by atoms with van der Waals surface area (Å²) in [6.45, 7) is 6.79. The highest BCUT2D eigenvalue weighted by atomic mass is 16.5. The maximum Gasteiger partial charge on any atom is 0.213 e. The van der Waals surface area contributed by atoms with Gasteiger partial charge in [0, 0.05) is 24.0 Å². The summed E-state index contributed by atoms with van der Waals surface area (Å²) in [7, 11) is 0. The lowest BCUT2D eigenvalue weighted by atomic mass is 9.93. The van der Waals surface area contributed by atoms with Crippen molar-refractivity contribution in [3.63, 3.8) is 0 Å². The minimum Gasteiger partial charge on any atom is -0.476 e. The molecule has 3 aromatic rings. The maximum absolute atomic E-state index is 6.27. The highest BCUT2D eigenvalue weighted by molar-refractivity contribution is 5.77. The van der Waals surface area contributed by atoms with Crippen molar-refractivity contribution < 1.29 is 4.74 Å². The quantitative estimate of drug-likeness (QED) is 0.753. The van der Waals surface area contributed by atoms with Crippen LogP contribution >= 0.6 is 0 Å². The second-order valence-corrected chi connectivity index (χ2v) is 6.99. The van der Waals surface area contributed by atoms with E-state index in [0.717, 1.165) is 23.1 Å². The van der Waals surface area contributed by atoms with E-state index in [1.54, 1.807) is 12.4 Å². The largest absolute Gasteiger partial charge is 0.476 e. The molecule has 0 spiro atoms. The Morgan fingerprint density at radius 3 is 2.75 bits per heavy atom. The minimum atomic E-state index is -0.350. The molecule has 0 bridgehead atoms. The fraction of sp³-hybridized carbons (Fsp3) is 0.368. The zero-order valence-electron chi connectivity index (χ0n) is 14.4. The molecule has 0 saturated carbocycles. The zero-order chi connectivity index (χ0) is 17.2. The fourth-order valence-electron chi connectivity index (χ4n) is 3.02. The number of ether oxygens (including phenoxy) is 1. The lowest BCUT2D eigenvalue weighted by Gasteiger charge is -2.26. The van der Waals surface area contributed by atoms with Crippen LogP contribution in [0.25, 0.3) is 16.7 Å². The van der Waals surface area contributed by atoms with Crippen molar-refractivity contribution in [1.82, 2.24) is 14.5 Å². The van der Waals surface area contributed by atoms with E-state index in [4.69, 9.17) is 10.5 Å². The molecule has 0 aromatic carbocycles. The first-order valence-electron chi connectivity index (χ1n) is 8.25. The van der Waals surface area contributed by atoms with Gasteiger partial charge in [0.25, 0.3) is 0 Å². The number of hydrogen-bond acceptors (Lipinski definition) is 4. The normalized spacial score (nSPS) is 14.0. The first-order chi connectivity index (χ1) is 11.4. The Morgan fingerprint density at radius 2 is 2.04 bits per heavy atom. The van der Waals surface area contributed by atoms with Gasteiger partial charge >= 0.3 is 0 Å². The molecule has 1 atom stereocenters. The Labute approximate surface area is 142 Å². The van der Waals surface area contributed by atoms with Crippen molar-refractivity contribution in [3.05, 3.63) is 48.9 Å². The van der Waals surface area contributed by atoms with E-state index in [9.17, 15) is 0 Å². The van der Waals surface area contributed by atoms with Crippen LogP contribution in [-0.4, -0.2) is 26.7 Å². The lowest BCUT2D eigenvalue weighted by Crippen LogP contribution is -2.43. The smallest absolute Gasteiger partial charge is 0.213 e. The van der Waals surface area contributed by atoms with Gasteiger partial charge in [0.2, 0.25) is 5.88 Å². The molecular weight excluding hydrogens is 300 g/mol. The first-order valence-corrected chi connectivity index (χ1v) is 8.25. The van der Waals surface area contributed by atoms with Crippen molar-refractivity contribution in [1.29, 1.82) is 0 Å². The lowest BCUT2D eigenvalue weighted by molar-refractivity contribution is 0.200. The Bertz CT molecular complexity index is 806. The van der Waals surface area contributed by atoms with Gasteiger partial charge in [-0.25, -0.2) is 4.98 Å². The molecule has 0 fully saturated rings. The predicted octanol–water partition coefficient (Wildman–Crippen LogP) is 3.56. The molecule has 0 saturated heterocycles. The summed E-state index contributed by atoms with van der Waals surface area (Å²) in [5.74, 6) is 1.13. The van der Waals surface area contributed by atoms with E-state index in [2.05, 4.69) is 28.4 Å². The molecule has 3 rings (SSSR count). The zero-order valence-corrected chi connectivity index (χ0v) is 14.4. The SMILES string of the molecule is CC(C)C[C@](C)(N)COc1ccc(-n2ccc3ncccc32)cn1. The summed E-state index contributed by atoms with van der Waals surface area (Å²) in [4.78, 5) is 8.75. The number of hydrogen-bond donors (Lipinski definition) is 1. The third-order valence-electron chi connectivity index (χ3n) is 3.88. The van der Waals surface area contributed by atoms with Crippen LogP contribution in [0, 0.1) is 5.92 Å². The van der Waals surface area contributed by atoms with Crippen LogP contribution in [0.3, 0.4) is 0 Å². The standard InChI is InChI=1S/C19H24N4O/c1-14(2)11-19(3,20)13-24-18-7-6-15(12-22-18)23-10-8-16-17(23)5-4-9-21-16/h4-10,12,14H,11,13,20H2,1-3H3/t19-/m0/s1. The van der Waals surface area contributed by atoms with Gasteiger partial charge in [-0.2, -0.15) is 0 Å². The summed E-state index contributed by atoms with van der Waals surface area (Å²) >= 11 is 0. The van der Waals surface area contributed by atoms with Gasteiger partial charge < -0.3 is 15.0 Å². The molecule has 0 amide bonds. The average molecular weight is 324 g/mol. The van der Waals surface area contributed by atoms with Crippen LogP contribution in [0.15, 0.2) is 48.9 Å². The average Bonchev–Trinajstić information content (AvgIpc) is 2.96. The number of nitrogens with two attached hydrogens (primary N) is 1. The number of pyridine rings is 2. The Balaban J connectivity index is 1.72. The Hall–Kier alpha value is -2.40. The number of rotatable bonds is 6. The van der Waals surface area contributed by atoms with Gasteiger partial charge in [-0.1, -0.05) is 13.8 Å². The van der Waals surface area contributed by atoms with E-state index < -0.39 is 0 Å². The van der Waals surface area contributed by atoms with Gasteiger partial charge in [-0.05, 0) is 43.5 Å². The van der Waals surface area contributed by atoms with E-state index in [1.807, 2.05) is 43.5 Å². The third kappa shape index (κ3) is 3.74. The van der Waals surface area contributed by atoms with Crippen LogP contribution in [0.2, 0.25) is 0 Å². The van der Waals surface area contributed by atoms with Crippen LogP contribution in [0.1, 0.15) is 27.2 Å². The number of aromatic nitrogens is 3. The molecule has 0 aliphatic rings. The van der Waals surface area contributed by atoms with Crippen molar-refractivity contribution in [2.24, 2.45) is 11.7 Å². The fourth-order valence-corrected chi connectivity index (χ4v) is 3.02. The van der Waals surface area contributed by atoms with E-state index in [-0.39, 0.29) is 5.54 Å². The molecule has 0 aliphatic heterocycles. The topological polar surface area (TPSA) is 66.0 Å². The maximum atomic E-state index is 6.27. The summed E-state index contributed by atoms with van der Waals surface area (Å²) in [6, 6.07) is 9.83. The van der Waals surface area contributed by atoms with Crippen molar-refractivity contribution in [3.8, 4) is 11.6 Å². The van der Waals surface area contributed by atoms with Crippen molar-refractivity contribution in [2.45, 2.75) is 32.7 Å². The molecule has 5 nitrogen and oxygen atoms in total. The van der Waals surface area contributed by atoms with Crippen LogP contribution in [-0.2, 0) is 0 Å². The Morgan fingerprint density at radius 1 is 1.21 bits per heavy atom. The highest BCUT2D eigenvalue weighted by Gasteiger charge is 2.21. The summed E-state index contributed by atoms with van der Waals surface area (Å²) in [5.41, 5.74) is 8.91. The van der Waals surface area contributed by atoms with Gasteiger partial charge in [0.1, 0.15) is 6.61 Å². The first kappa shape index (κ1) is 16.5. The summed E-state index contributed by atoms with van der Waals surface area (Å²) < 4.78 is 7.83. The third-order valence-corrected chi connectivity index (χ3v) is 3.88. The van der Waals surface area contributed by atoms with Crippen LogP contribution in [0.5, 0.6) is 5.88 Å². The Kier molecular flexibility index (Phi) is 4.53. The second kappa shape index (κ2) is 6.61. The van der Waals surface area contributed by atoms with Gasteiger partial charge in [-0.3, -0.25) is 4.98 Å². The molecular formula is C19H24N4O. The molecule has 5 heteroatoms. The molecule has 2 N–H and O–H groups in total. The van der Waals surface area contributed by atoms with E-state index in [0.29, 0.717) is 18.4 Å². The monoisotopic (exact) mass is 324 g/mol. The molecule has 0 radical (unpaired) electrons. The molecule has 24 heavy (non-hydrogen) atoms. The van der Waals surface area contributed by atoms with Crippen molar-refractivity contribution in [2.75, 3.05) is 6.61 Å². The molecule has 3 aromatic heterocycles. The number of nitrogens with zero attached hydrogens (tertiary/aromatic N) is 3. The van der Waals surface area contributed by atoms with Crippen LogP contribution < -0.4 is 10.5 Å². The molecule has 126 valence electrons. The van der Waals surface area contributed by atoms with Crippen molar-refractivity contribution >= 4 is 11.0 Å². The molecule has 0 unspecified atom stereocenters. The predicted molar refractivity (Wildman–Crippen MR) is 96.4 cm³/mol. The van der Waals surface area contributed by atoms with Gasteiger partial charge in [0.05, 0.1) is 22.9 Å². The van der Waals surface area contributed by atoms with Gasteiger partial charge in [-0.15, -0.1) is 0 Å². The molecule has 3 heterocycles. The summed E-state index contributed by atoms with van der Waals surface area (Å²) in [6.07, 6.45) is 6.50. The van der Waals surface area contributed by atoms with E-state index in [1.165, 1.54) is 0 Å². The second-order valence-electron chi connectivity index (χ2n) is 6.99. The van der Waals surface area contributed by atoms with Gasteiger partial charge in [0.15, 0.2) is 0 Å².